The summed E-state index contributed by atoms with van der Waals surface area (Å²) in [5.41, 5.74) is 0. The van der Waals surface area contributed by atoms with Crippen LogP contribution in [0.5, 0.6) is 0 Å². The molecule has 0 saturated carbocycles. The number of aliphatic hydroxyl groups excluding tert-OH is 1. The van der Waals surface area contributed by atoms with Gasteiger partial charge < -0.3 is 50.3 Å². The van der Waals surface area contributed by atoms with E-state index in [-0.39, 0.29) is 41.9 Å². The molecule has 0 spiro atoms. The number of hydrogen-bond acceptors (Lipinski definition) is 11. The second kappa shape index (κ2) is 22.5. The smallest absolute Gasteiger partial charge is 0.192 e. The number of aliphatic hydroxyl groups is 1. The number of hydrogen-bond donors (Lipinski definition) is 1. The number of ether oxygens (including phenoxy) is 3. The molecule has 1 N–H and O–H groups in total. The average molecular weight is 1140 g/mol. The Balaban J connectivity index is 3.32. The van der Waals surface area contributed by atoms with Crippen molar-refractivity contribution >= 4 is 58.2 Å². The topological polar surface area (TPSA) is 113 Å². The third-order valence-corrected chi connectivity index (χ3v) is 50.9. The Morgan fingerprint density at radius 2 is 0.542 bits per heavy atom. The molecular weight excluding hydrogens is 1020 g/mol. The van der Waals surface area contributed by atoms with E-state index in [1.165, 1.54) is 0 Å². The average Bonchev–Trinajstić information content (AvgIpc) is 3.11. The van der Waals surface area contributed by atoms with Gasteiger partial charge in [-0.2, -0.15) is 0 Å². The highest BCUT2D eigenvalue weighted by Gasteiger charge is 2.61. The molecule has 0 aromatic rings. The molecule has 2 saturated heterocycles. The zero-order valence-electron chi connectivity index (χ0n) is 53.7. The molecule has 0 unspecified atom stereocenters. The van der Waals surface area contributed by atoms with Crippen LogP contribution in [0.1, 0.15) is 145 Å². The quantitative estimate of drug-likeness (QED) is 0.132. The van der Waals surface area contributed by atoms with Gasteiger partial charge in [0.1, 0.15) is 48.8 Å². The Morgan fingerprint density at radius 1 is 0.306 bits per heavy atom. The number of rotatable bonds is 18. The predicted molar refractivity (Wildman–Crippen MR) is 321 cm³/mol. The van der Waals surface area contributed by atoms with E-state index in [4.69, 9.17) is 45.2 Å². The van der Waals surface area contributed by atoms with Crippen molar-refractivity contribution in [2.75, 3.05) is 13.2 Å². The second-order valence-electron chi connectivity index (χ2n) is 32.6. The summed E-state index contributed by atoms with van der Waals surface area (Å²) in [6, 6.07) is 0. The van der Waals surface area contributed by atoms with E-state index in [0.717, 1.165) is 0 Å². The highest BCUT2D eigenvalue weighted by Crippen LogP contribution is 2.49. The van der Waals surface area contributed by atoms with Crippen LogP contribution < -0.4 is 0 Å². The molecule has 0 aromatic heterocycles. The Kier molecular flexibility index (Phi) is 21.7. The van der Waals surface area contributed by atoms with Gasteiger partial charge in [0.15, 0.2) is 70.8 Å². The molecule has 430 valence electrons. The Bertz CT molecular complexity index is 1740. The lowest BCUT2D eigenvalue weighted by atomic mass is 9.97. The molecule has 0 radical (unpaired) electrons. The molecule has 72 heavy (non-hydrogen) atoms. The minimum absolute atomic E-state index is 0.0521. The third-order valence-electron chi connectivity index (χ3n) is 19.5. The molecule has 2 rings (SSSR count). The van der Waals surface area contributed by atoms with Crippen LogP contribution in [-0.4, -0.2) is 138 Å². The first-order valence-corrected chi connectivity index (χ1v) is 47.9. The van der Waals surface area contributed by atoms with Crippen LogP contribution in [0.2, 0.25) is 127 Å². The summed E-state index contributed by atoms with van der Waals surface area (Å²) in [7, 11) is -17.7. The van der Waals surface area contributed by atoms with Gasteiger partial charge in [0.25, 0.3) is 0 Å². The van der Waals surface area contributed by atoms with E-state index in [1.807, 2.05) is 0 Å². The van der Waals surface area contributed by atoms with Gasteiger partial charge >= 0.3 is 0 Å². The van der Waals surface area contributed by atoms with Gasteiger partial charge in [0.2, 0.25) is 0 Å². The van der Waals surface area contributed by atoms with Crippen LogP contribution in [0.15, 0.2) is 0 Å². The molecule has 2 aliphatic rings. The lowest BCUT2D eigenvalue weighted by Crippen LogP contribution is -2.71. The van der Waals surface area contributed by atoms with Gasteiger partial charge in [-0.3, -0.25) is 0 Å². The van der Waals surface area contributed by atoms with Gasteiger partial charge in [-0.25, -0.2) is 0 Å². The van der Waals surface area contributed by atoms with Gasteiger partial charge in [0, 0.05) is 0 Å². The van der Waals surface area contributed by atoms with E-state index in [2.05, 4.69) is 237 Å². The van der Waals surface area contributed by atoms with Crippen molar-refractivity contribution in [2.45, 2.75) is 334 Å². The lowest BCUT2D eigenvalue weighted by molar-refractivity contribution is -0.347. The highest BCUT2D eigenvalue weighted by atomic mass is 28.4. The lowest BCUT2D eigenvalue weighted by Gasteiger charge is -2.56. The molecule has 2 fully saturated rings. The van der Waals surface area contributed by atoms with E-state index in [1.54, 1.807) is 0 Å². The van der Waals surface area contributed by atoms with E-state index in [9.17, 15) is 5.11 Å². The van der Waals surface area contributed by atoms with Crippen LogP contribution >= 0.6 is 0 Å². The molecule has 11 nitrogen and oxygen atoms in total. The van der Waals surface area contributed by atoms with Crippen LogP contribution in [-0.2, 0) is 45.2 Å². The molecule has 0 amide bonds. The maximum absolute atomic E-state index is 12.5. The molecule has 0 aliphatic carbocycles. The summed E-state index contributed by atoms with van der Waals surface area (Å²) in [5.74, 6) is 0. The zero-order valence-corrected chi connectivity index (χ0v) is 60.7. The molecule has 10 atom stereocenters. The summed E-state index contributed by atoms with van der Waals surface area (Å²) >= 11 is 0. The van der Waals surface area contributed by atoms with Gasteiger partial charge in [-0.15, -0.1) is 0 Å². The van der Waals surface area contributed by atoms with E-state index < -0.39 is 120 Å². The maximum Gasteiger partial charge on any atom is 0.192 e. The standard InChI is InChI=1S/C54H120O11Si7/c1-48(2,3)66(22,23)56-36-38-40(42(62-69(28,29)51(10,11)12)44(46(55)58-38)64-71(32,33)53(16,17)18)60-47-45(65-72(34,35)54(19,20)21)43(63-70(30,31)52(13,14)15)41(61-68(26,27)50(7,8)9)39(59-47)37-57-67(24,25)49(4,5)6/h38-47,55H,36-37H2,1-35H3/t38-,39-,40-,41-,42+,43+,44-,45-,46-,47-/m1/s1. The van der Waals surface area contributed by atoms with E-state index >= 15 is 0 Å². The molecule has 0 aromatic carbocycles. The third kappa shape index (κ3) is 16.6. The monoisotopic (exact) mass is 1140 g/mol. The fraction of sp³-hybridized carbons (Fsp3) is 1.00. The normalized spacial score (nSPS) is 28.2. The first kappa shape index (κ1) is 69.2. The van der Waals surface area contributed by atoms with Crippen molar-refractivity contribution in [2.24, 2.45) is 0 Å². The Labute approximate surface area is 453 Å². The fourth-order valence-corrected chi connectivity index (χ4v) is 15.2. The minimum Gasteiger partial charge on any atom is -0.414 e. The fourth-order valence-electron chi connectivity index (χ4n) is 6.73. The zero-order chi connectivity index (χ0) is 57.3. The molecule has 2 heterocycles. The van der Waals surface area contributed by atoms with E-state index in [0.29, 0.717) is 6.61 Å². The first-order valence-electron chi connectivity index (χ1n) is 27.6. The van der Waals surface area contributed by atoms with Gasteiger partial charge in [0.05, 0.1) is 13.2 Å². The predicted octanol–water partition coefficient (Wildman–Crippen LogP) is 15.8. The molecule has 0 bridgehead atoms. The summed E-state index contributed by atoms with van der Waals surface area (Å²) in [6.45, 7) is 79.9. The maximum atomic E-state index is 12.5. The molecule has 2 aliphatic heterocycles. The van der Waals surface area contributed by atoms with Crippen LogP contribution in [0.4, 0.5) is 0 Å². The SMILES string of the molecule is CC(C)(C)[Si](C)(C)OC[C@H]1O[C@@H](O)[C@H](O[Si](C)(C)C(C)(C)C)[C@@H](O[Si](C)(C)C(C)(C)C)[C@@H]1O[C@H]1O[C@H](CO[Si](C)(C)C(C)(C)C)[C@@H](O[Si](C)(C)C(C)(C)C)[C@H](O[Si](C)(C)C(C)(C)C)[C@H]1O[Si](C)(C)C(C)(C)C. The highest BCUT2D eigenvalue weighted by molar-refractivity contribution is 6.76. The second-order valence-corrected chi connectivity index (χ2v) is 66.0. The first-order chi connectivity index (χ1) is 31.3. The van der Waals surface area contributed by atoms with Gasteiger partial charge in [-0.05, 0) is 127 Å². The van der Waals surface area contributed by atoms with Gasteiger partial charge in [-0.1, -0.05) is 145 Å². The van der Waals surface area contributed by atoms with Crippen molar-refractivity contribution in [3.05, 3.63) is 0 Å². The Hall–Kier alpha value is 1.08. The summed E-state index contributed by atoms with van der Waals surface area (Å²) in [6.07, 6.45) is -8.01. The summed E-state index contributed by atoms with van der Waals surface area (Å²) < 4.78 is 75.2. The Morgan fingerprint density at radius 3 is 0.833 bits per heavy atom. The molecule has 18 heteroatoms. The summed E-state index contributed by atoms with van der Waals surface area (Å²) in [4.78, 5) is 0. The van der Waals surface area contributed by atoms with Crippen LogP contribution in [0.25, 0.3) is 0 Å². The van der Waals surface area contributed by atoms with Crippen molar-refractivity contribution in [1.29, 1.82) is 0 Å². The summed E-state index contributed by atoms with van der Waals surface area (Å²) in [5, 5.41) is 11.5. The van der Waals surface area contributed by atoms with Crippen molar-refractivity contribution in [3.63, 3.8) is 0 Å². The largest absolute Gasteiger partial charge is 0.414 e. The van der Waals surface area contributed by atoms with Crippen molar-refractivity contribution in [3.8, 4) is 0 Å². The van der Waals surface area contributed by atoms with Crippen molar-refractivity contribution in [1.82, 2.24) is 0 Å². The van der Waals surface area contributed by atoms with Crippen LogP contribution in [0, 0.1) is 0 Å². The van der Waals surface area contributed by atoms with Crippen molar-refractivity contribution < 1.29 is 50.3 Å². The van der Waals surface area contributed by atoms with Crippen LogP contribution in [0.3, 0.4) is 0 Å². The molecular formula is C54H120O11Si7. The minimum atomic E-state index is -2.65.